The molecule has 1 amide bonds. The van der Waals surface area contributed by atoms with Crippen LogP contribution in [0.2, 0.25) is 0 Å². The van der Waals surface area contributed by atoms with Gasteiger partial charge < -0.3 is 5.32 Å². The SMILES string of the molecule is CCCNC(=O)c1cnn(-c2ccc(SCc3cccc(C)c3)nn2)c1C. The van der Waals surface area contributed by atoms with E-state index in [0.717, 1.165) is 22.9 Å². The van der Waals surface area contributed by atoms with E-state index in [1.807, 2.05) is 26.0 Å². The zero-order valence-electron chi connectivity index (χ0n) is 15.8. The van der Waals surface area contributed by atoms with E-state index in [9.17, 15) is 4.79 Å². The summed E-state index contributed by atoms with van der Waals surface area (Å²) in [6, 6.07) is 12.2. The third-order valence-corrected chi connectivity index (χ3v) is 5.09. The van der Waals surface area contributed by atoms with E-state index >= 15 is 0 Å². The smallest absolute Gasteiger partial charge is 0.254 e. The van der Waals surface area contributed by atoms with Gasteiger partial charge in [0.25, 0.3) is 5.91 Å². The van der Waals surface area contributed by atoms with Crippen LogP contribution in [-0.4, -0.2) is 32.4 Å². The van der Waals surface area contributed by atoms with Gasteiger partial charge in [-0.15, -0.1) is 10.2 Å². The summed E-state index contributed by atoms with van der Waals surface area (Å²) in [5.41, 5.74) is 3.82. The first-order chi connectivity index (χ1) is 13.1. The lowest BCUT2D eigenvalue weighted by molar-refractivity contribution is 0.0953. The fourth-order valence-electron chi connectivity index (χ4n) is 2.66. The highest BCUT2D eigenvalue weighted by Gasteiger charge is 2.15. The predicted octanol–water partition coefficient (Wildman–Crippen LogP) is 3.71. The van der Waals surface area contributed by atoms with Crippen LogP contribution in [0.5, 0.6) is 0 Å². The molecule has 0 spiro atoms. The molecule has 3 rings (SSSR count). The fraction of sp³-hybridized carbons (Fsp3) is 0.300. The molecule has 0 aliphatic heterocycles. The summed E-state index contributed by atoms with van der Waals surface area (Å²) in [6.45, 7) is 6.61. The number of aromatic nitrogens is 4. The summed E-state index contributed by atoms with van der Waals surface area (Å²) < 4.78 is 1.64. The lowest BCUT2D eigenvalue weighted by Crippen LogP contribution is -2.24. The highest BCUT2D eigenvalue weighted by Crippen LogP contribution is 2.21. The zero-order chi connectivity index (χ0) is 19.2. The third kappa shape index (κ3) is 4.74. The Balaban J connectivity index is 1.68. The Hall–Kier alpha value is -2.67. The number of carbonyl (C=O) groups excluding carboxylic acids is 1. The average Bonchev–Trinajstić information content (AvgIpc) is 3.06. The highest BCUT2D eigenvalue weighted by atomic mass is 32.2. The molecule has 6 nitrogen and oxygen atoms in total. The Morgan fingerprint density at radius 3 is 2.74 bits per heavy atom. The number of aryl methyl sites for hydroxylation is 1. The molecule has 0 aliphatic rings. The van der Waals surface area contributed by atoms with Gasteiger partial charge in [0, 0.05) is 12.3 Å². The van der Waals surface area contributed by atoms with E-state index in [2.05, 4.69) is 51.8 Å². The normalized spacial score (nSPS) is 10.8. The van der Waals surface area contributed by atoms with Gasteiger partial charge in [0.2, 0.25) is 0 Å². The van der Waals surface area contributed by atoms with Gasteiger partial charge in [0.05, 0.1) is 17.5 Å². The average molecular weight is 382 g/mol. The Morgan fingerprint density at radius 2 is 2.04 bits per heavy atom. The van der Waals surface area contributed by atoms with Crippen molar-refractivity contribution in [2.45, 2.75) is 38.0 Å². The zero-order valence-corrected chi connectivity index (χ0v) is 16.6. The molecule has 3 aromatic rings. The standard InChI is InChI=1S/C20H23N5OS/c1-4-10-21-20(26)17-12-22-25(15(17)3)18-8-9-19(24-23-18)27-13-16-7-5-6-14(2)11-16/h5-9,11-12H,4,10,13H2,1-3H3,(H,21,26). The summed E-state index contributed by atoms with van der Waals surface area (Å²) in [7, 11) is 0. The second-order valence-corrected chi connectivity index (χ2v) is 7.31. The van der Waals surface area contributed by atoms with Crippen molar-refractivity contribution >= 4 is 17.7 Å². The summed E-state index contributed by atoms with van der Waals surface area (Å²) >= 11 is 1.64. The van der Waals surface area contributed by atoms with Crippen molar-refractivity contribution in [2.75, 3.05) is 6.54 Å². The summed E-state index contributed by atoms with van der Waals surface area (Å²) in [5, 5.41) is 16.6. The molecular weight excluding hydrogens is 358 g/mol. The largest absolute Gasteiger partial charge is 0.352 e. The first-order valence-corrected chi connectivity index (χ1v) is 9.92. The summed E-state index contributed by atoms with van der Waals surface area (Å²) in [6.07, 6.45) is 2.47. The van der Waals surface area contributed by atoms with Crippen molar-refractivity contribution in [3.8, 4) is 5.82 Å². The minimum atomic E-state index is -0.112. The van der Waals surface area contributed by atoms with Gasteiger partial charge in [-0.05, 0) is 38.0 Å². The molecule has 0 bridgehead atoms. The molecule has 1 N–H and O–H groups in total. The van der Waals surface area contributed by atoms with E-state index in [-0.39, 0.29) is 5.91 Å². The molecule has 140 valence electrons. The van der Waals surface area contributed by atoms with Crippen LogP contribution in [0.4, 0.5) is 0 Å². The first-order valence-electron chi connectivity index (χ1n) is 8.93. The molecular formula is C20H23N5OS. The number of hydrogen-bond donors (Lipinski definition) is 1. The van der Waals surface area contributed by atoms with Crippen molar-refractivity contribution in [3.05, 3.63) is 65.0 Å². The molecule has 0 fully saturated rings. The Labute approximate surface area is 163 Å². The molecule has 0 unspecified atom stereocenters. The number of carbonyl (C=O) groups is 1. The molecule has 0 radical (unpaired) electrons. The van der Waals surface area contributed by atoms with Crippen molar-refractivity contribution in [3.63, 3.8) is 0 Å². The maximum Gasteiger partial charge on any atom is 0.254 e. The Kier molecular flexibility index (Phi) is 6.24. The quantitative estimate of drug-likeness (QED) is 0.632. The lowest BCUT2D eigenvalue weighted by atomic mass is 10.2. The summed E-state index contributed by atoms with van der Waals surface area (Å²) in [5.74, 6) is 1.33. The van der Waals surface area contributed by atoms with Gasteiger partial charge in [-0.3, -0.25) is 4.79 Å². The van der Waals surface area contributed by atoms with Gasteiger partial charge >= 0.3 is 0 Å². The predicted molar refractivity (Wildman–Crippen MR) is 107 cm³/mol. The van der Waals surface area contributed by atoms with Gasteiger partial charge in [0.1, 0.15) is 5.03 Å². The highest BCUT2D eigenvalue weighted by molar-refractivity contribution is 7.98. The molecule has 2 aromatic heterocycles. The molecule has 7 heteroatoms. The second-order valence-electron chi connectivity index (χ2n) is 6.32. The van der Waals surface area contributed by atoms with E-state index in [4.69, 9.17) is 0 Å². The van der Waals surface area contributed by atoms with Crippen molar-refractivity contribution in [2.24, 2.45) is 0 Å². The molecule has 27 heavy (non-hydrogen) atoms. The molecule has 0 atom stereocenters. The topological polar surface area (TPSA) is 72.7 Å². The van der Waals surface area contributed by atoms with E-state index in [1.54, 1.807) is 22.6 Å². The van der Waals surface area contributed by atoms with Crippen LogP contribution in [0.25, 0.3) is 5.82 Å². The first kappa shape index (κ1) is 19.1. The Morgan fingerprint density at radius 1 is 1.19 bits per heavy atom. The molecule has 1 aromatic carbocycles. The van der Waals surface area contributed by atoms with Crippen molar-refractivity contribution in [1.29, 1.82) is 0 Å². The minimum Gasteiger partial charge on any atom is -0.352 e. The van der Waals surface area contributed by atoms with Crippen LogP contribution in [0, 0.1) is 13.8 Å². The van der Waals surface area contributed by atoms with Crippen LogP contribution < -0.4 is 5.32 Å². The molecule has 0 saturated carbocycles. The third-order valence-electron chi connectivity index (χ3n) is 4.10. The monoisotopic (exact) mass is 381 g/mol. The lowest BCUT2D eigenvalue weighted by Gasteiger charge is -2.06. The van der Waals surface area contributed by atoms with Crippen LogP contribution in [0.15, 0.2) is 47.6 Å². The van der Waals surface area contributed by atoms with Crippen LogP contribution in [0.3, 0.4) is 0 Å². The fourth-order valence-corrected chi connectivity index (χ4v) is 3.42. The maximum absolute atomic E-state index is 12.2. The van der Waals surface area contributed by atoms with Crippen LogP contribution in [0.1, 0.15) is 40.5 Å². The van der Waals surface area contributed by atoms with E-state index < -0.39 is 0 Å². The van der Waals surface area contributed by atoms with Crippen LogP contribution in [-0.2, 0) is 5.75 Å². The van der Waals surface area contributed by atoms with E-state index in [1.165, 1.54) is 11.1 Å². The van der Waals surface area contributed by atoms with E-state index in [0.29, 0.717) is 17.9 Å². The van der Waals surface area contributed by atoms with Gasteiger partial charge in [-0.2, -0.15) is 5.10 Å². The molecule has 0 saturated heterocycles. The number of nitrogens with one attached hydrogen (secondary N) is 1. The number of thioether (sulfide) groups is 1. The van der Waals surface area contributed by atoms with Gasteiger partial charge in [0.15, 0.2) is 5.82 Å². The number of benzene rings is 1. The molecule has 2 heterocycles. The van der Waals surface area contributed by atoms with Crippen LogP contribution >= 0.6 is 11.8 Å². The maximum atomic E-state index is 12.2. The number of amides is 1. The van der Waals surface area contributed by atoms with Gasteiger partial charge in [-0.1, -0.05) is 48.5 Å². The number of hydrogen-bond acceptors (Lipinski definition) is 5. The summed E-state index contributed by atoms with van der Waals surface area (Å²) in [4.78, 5) is 12.2. The Bertz CT molecular complexity index is 920. The van der Waals surface area contributed by atoms with Crippen molar-refractivity contribution in [1.82, 2.24) is 25.3 Å². The number of nitrogens with zero attached hydrogens (tertiary/aromatic N) is 4. The number of rotatable bonds is 7. The minimum absolute atomic E-state index is 0.112. The second kappa shape index (κ2) is 8.81. The van der Waals surface area contributed by atoms with Gasteiger partial charge in [-0.25, -0.2) is 4.68 Å². The molecule has 0 aliphatic carbocycles. The van der Waals surface area contributed by atoms with Crippen molar-refractivity contribution < 1.29 is 4.79 Å².